The van der Waals surface area contributed by atoms with Gasteiger partial charge in [-0.2, -0.15) is 0 Å². The molecule has 0 bridgehead atoms. The molecule has 2 aliphatic rings. The molecule has 0 amide bonds. The molecule has 3 heterocycles. The van der Waals surface area contributed by atoms with Crippen LogP contribution in [0, 0.1) is 0 Å². The molecule has 1 saturated heterocycles. The van der Waals surface area contributed by atoms with E-state index >= 15 is 0 Å². The van der Waals surface area contributed by atoms with E-state index in [1.165, 1.54) is 7.11 Å². The summed E-state index contributed by atoms with van der Waals surface area (Å²) in [4.78, 5) is 11.9. The third-order valence-electron chi connectivity index (χ3n) is 5.04. The lowest BCUT2D eigenvalue weighted by atomic mass is 9.95. The van der Waals surface area contributed by atoms with Crippen molar-refractivity contribution in [2.45, 2.75) is 31.5 Å². The Morgan fingerprint density at radius 1 is 1.44 bits per heavy atom. The summed E-state index contributed by atoms with van der Waals surface area (Å²) in [6.07, 6.45) is 2.82. The maximum absolute atomic E-state index is 10.3. The molecule has 0 radical (unpaired) electrons. The van der Waals surface area contributed by atoms with Crippen LogP contribution in [0.1, 0.15) is 36.7 Å². The fourth-order valence-electron chi connectivity index (χ4n) is 3.67. The lowest BCUT2D eigenvalue weighted by molar-refractivity contribution is 0.253. The predicted octanol–water partition coefficient (Wildman–Crippen LogP) is 5.19. The van der Waals surface area contributed by atoms with E-state index in [-0.39, 0.29) is 22.9 Å². The molecule has 142 valence electrons. The second-order valence-electron chi connectivity index (χ2n) is 6.48. The van der Waals surface area contributed by atoms with Crippen LogP contribution in [0.4, 0.5) is 0 Å². The first kappa shape index (κ1) is 18.9. The number of hydrogen-bond donors (Lipinski definition) is 1. The summed E-state index contributed by atoms with van der Waals surface area (Å²) < 4.78 is 6.02. The fourth-order valence-corrected chi connectivity index (χ4v) is 5.75. The Kier molecular flexibility index (Phi) is 5.27. The Morgan fingerprint density at radius 2 is 2.26 bits per heavy atom. The van der Waals surface area contributed by atoms with Gasteiger partial charge in [-0.25, -0.2) is 0 Å². The Morgan fingerprint density at radius 3 is 2.93 bits per heavy atom. The van der Waals surface area contributed by atoms with Gasteiger partial charge in [-0.05, 0) is 46.1 Å². The number of phenolic OH excluding ortho intramolecular Hbond substituents is 1. The van der Waals surface area contributed by atoms with Crippen molar-refractivity contribution in [2.24, 2.45) is 4.99 Å². The molecule has 1 aromatic heterocycles. The first-order valence-electron chi connectivity index (χ1n) is 8.71. The summed E-state index contributed by atoms with van der Waals surface area (Å²) in [6, 6.07) is 7.90. The molecular weight excluding hydrogens is 450 g/mol. The molecule has 1 aromatic carbocycles. The van der Waals surface area contributed by atoms with Crippen LogP contribution < -0.4 is 4.74 Å². The number of rotatable bonds is 4. The first-order chi connectivity index (χ1) is 13.1. The van der Waals surface area contributed by atoms with Crippen LogP contribution in [-0.4, -0.2) is 39.1 Å². The van der Waals surface area contributed by atoms with Gasteiger partial charge in [0.15, 0.2) is 16.7 Å². The van der Waals surface area contributed by atoms with Crippen molar-refractivity contribution in [3.63, 3.8) is 0 Å². The number of pyridine rings is 1. The largest absolute Gasteiger partial charge is 0.503 e. The lowest BCUT2D eigenvalue weighted by Gasteiger charge is -2.33. The minimum absolute atomic E-state index is 0.0637. The van der Waals surface area contributed by atoms with Crippen LogP contribution in [0.5, 0.6) is 11.5 Å². The first-order valence-corrected chi connectivity index (χ1v) is 10.9. The highest BCUT2D eigenvalue weighted by Crippen LogP contribution is 2.53. The van der Waals surface area contributed by atoms with Crippen molar-refractivity contribution < 1.29 is 9.84 Å². The van der Waals surface area contributed by atoms with Crippen LogP contribution in [0.25, 0.3) is 0 Å². The minimum Gasteiger partial charge on any atom is -0.503 e. The summed E-state index contributed by atoms with van der Waals surface area (Å²) in [5, 5.41) is 11.6. The van der Waals surface area contributed by atoms with Gasteiger partial charge in [0.1, 0.15) is 11.1 Å². The summed E-state index contributed by atoms with van der Waals surface area (Å²) in [5.41, 5.74) is 1.85. The molecule has 0 aliphatic carbocycles. The van der Waals surface area contributed by atoms with E-state index in [0.29, 0.717) is 16.3 Å². The molecule has 5 nitrogen and oxygen atoms in total. The number of ether oxygens (including phenoxy) is 1. The van der Waals surface area contributed by atoms with E-state index in [0.717, 1.165) is 28.6 Å². The maximum atomic E-state index is 10.3. The van der Waals surface area contributed by atoms with Crippen molar-refractivity contribution in [1.82, 2.24) is 9.88 Å². The third kappa shape index (κ3) is 3.09. The zero-order valence-corrected chi connectivity index (χ0v) is 18.1. The molecule has 1 fully saturated rings. The van der Waals surface area contributed by atoms with Gasteiger partial charge in [-0.3, -0.25) is 9.98 Å². The molecule has 0 spiro atoms. The van der Waals surface area contributed by atoms with Gasteiger partial charge in [0.25, 0.3) is 0 Å². The van der Waals surface area contributed by atoms with Gasteiger partial charge in [-0.1, -0.05) is 36.4 Å². The van der Waals surface area contributed by atoms with Gasteiger partial charge in [0.05, 0.1) is 18.8 Å². The number of thioether (sulfide) groups is 1. The standard InChI is InChI=1S/C19H19BrClN3O2S/c1-3-10-9-27-19-23-16(12-6-4-5-7-22-12)17(24(10)19)11-8-13(26-2)18(25)15(21)14(11)20/h4-8,10,16-17,25H,3,9H2,1-2H3/t10-,16+,17+/m0/s1. The molecule has 0 saturated carbocycles. The summed E-state index contributed by atoms with van der Waals surface area (Å²) in [6.45, 7) is 2.19. The van der Waals surface area contributed by atoms with E-state index < -0.39 is 0 Å². The molecule has 4 rings (SSSR count). The normalized spacial score (nSPS) is 24.1. The van der Waals surface area contributed by atoms with Crippen molar-refractivity contribution >= 4 is 44.5 Å². The molecular formula is C19H19BrClN3O2S. The highest BCUT2D eigenvalue weighted by molar-refractivity contribution is 9.10. The van der Waals surface area contributed by atoms with E-state index in [2.05, 4.69) is 32.7 Å². The second kappa shape index (κ2) is 7.53. The molecule has 8 heteroatoms. The SMILES string of the molecule is CC[C@H]1CSC2=N[C@H](c3ccccn3)[C@@H](c3cc(OC)c(O)c(Cl)c3Br)N21. The number of halogens is 2. The second-order valence-corrected chi connectivity index (χ2v) is 8.64. The Labute approximate surface area is 175 Å². The van der Waals surface area contributed by atoms with Gasteiger partial charge in [0, 0.05) is 22.5 Å². The number of nitrogens with zero attached hydrogens (tertiary/aromatic N) is 3. The van der Waals surface area contributed by atoms with Gasteiger partial charge >= 0.3 is 0 Å². The molecule has 2 aromatic rings. The van der Waals surface area contributed by atoms with Crippen LogP contribution >= 0.6 is 39.3 Å². The van der Waals surface area contributed by atoms with Crippen molar-refractivity contribution in [3.8, 4) is 11.5 Å². The van der Waals surface area contributed by atoms with E-state index in [9.17, 15) is 5.11 Å². The number of aliphatic imine (C=N–C) groups is 1. The third-order valence-corrected chi connectivity index (χ3v) is 7.62. The van der Waals surface area contributed by atoms with Gasteiger partial charge < -0.3 is 14.7 Å². The quantitative estimate of drug-likeness (QED) is 0.669. The highest BCUT2D eigenvalue weighted by atomic mass is 79.9. The number of benzene rings is 1. The number of hydrogen-bond acceptors (Lipinski definition) is 6. The number of aromatic hydroxyl groups is 1. The number of phenols is 1. The average Bonchev–Trinajstić information content (AvgIpc) is 3.26. The number of amidine groups is 1. The maximum Gasteiger partial charge on any atom is 0.177 e. The van der Waals surface area contributed by atoms with Crippen LogP contribution in [0.2, 0.25) is 5.02 Å². The van der Waals surface area contributed by atoms with Gasteiger partial charge in [-0.15, -0.1) is 0 Å². The van der Waals surface area contributed by atoms with Crippen LogP contribution in [-0.2, 0) is 0 Å². The smallest absolute Gasteiger partial charge is 0.177 e. The molecule has 1 N–H and O–H groups in total. The van der Waals surface area contributed by atoms with E-state index in [1.807, 2.05) is 24.3 Å². The van der Waals surface area contributed by atoms with E-state index in [4.69, 9.17) is 21.3 Å². The van der Waals surface area contributed by atoms with Crippen LogP contribution in [0.15, 0.2) is 39.9 Å². The lowest BCUT2D eigenvalue weighted by Crippen LogP contribution is -2.35. The fraction of sp³-hybridized carbons (Fsp3) is 0.368. The molecule has 2 aliphatic heterocycles. The number of fused-ring (bicyclic) bond motifs is 1. The summed E-state index contributed by atoms with van der Waals surface area (Å²) >= 11 is 11.8. The Hall–Kier alpha value is -1.44. The summed E-state index contributed by atoms with van der Waals surface area (Å²) in [7, 11) is 1.52. The highest BCUT2D eigenvalue weighted by Gasteiger charge is 2.46. The summed E-state index contributed by atoms with van der Waals surface area (Å²) in [5.74, 6) is 1.30. The van der Waals surface area contributed by atoms with E-state index in [1.54, 1.807) is 18.0 Å². The zero-order valence-electron chi connectivity index (χ0n) is 14.9. The number of methoxy groups -OCH3 is 1. The van der Waals surface area contributed by atoms with Crippen molar-refractivity contribution in [1.29, 1.82) is 0 Å². The molecule has 3 atom stereocenters. The zero-order chi connectivity index (χ0) is 19.1. The topological polar surface area (TPSA) is 58.0 Å². The Balaban J connectivity index is 1.88. The molecule has 0 unspecified atom stereocenters. The van der Waals surface area contributed by atoms with Crippen LogP contribution in [0.3, 0.4) is 0 Å². The minimum atomic E-state index is -0.148. The number of aromatic nitrogens is 1. The predicted molar refractivity (Wildman–Crippen MR) is 113 cm³/mol. The van der Waals surface area contributed by atoms with Crippen molar-refractivity contribution in [2.75, 3.05) is 12.9 Å². The van der Waals surface area contributed by atoms with Crippen molar-refractivity contribution in [3.05, 3.63) is 51.2 Å². The monoisotopic (exact) mass is 467 g/mol. The Bertz CT molecular complexity index is 896. The average molecular weight is 469 g/mol. The molecule has 27 heavy (non-hydrogen) atoms. The van der Waals surface area contributed by atoms with Gasteiger partial charge in [0.2, 0.25) is 0 Å².